The van der Waals surface area contributed by atoms with Crippen LogP contribution in [0.3, 0.4) is 0 Å². The van der Waals surface area contributed by atoms with Crippen molar-refractivity contribution in [3.63, 3.8) is 0 Å². The maximum Gasteiger partial charge on any atom is 0.316 e. The number of halogens is 1. The number of nitrogens with zero attached hydrogens (tertiary/aromatic N) is 2. The first-order valence-corrected chi connectivity index (χ1v) is 7.45. The fraction of sp³-hybridized carbons (Fsp3) is 0.357. The highest BCUT2D eigenvalue weighted by Gasteiger charge is 2.23. The number of thioether (sulfide) groups is 1. The van der Waals surface area contributed by atoms with Crippen molar-refractivity contribution < 1.29 is 18.7 Å². The lowest BCUT2D eigenvalue weighted by atomic mass is 10.1. The zero-order valence-electron chi connectivity index (χ0n) is 11.6. The Kier molecular flexibility index (Phi) is 4.95. The zero-order chi connectivity index (χ0) is 15.4. The second-order valence-electron chi connectivity index (χ2n) is 4.82. The first kappa shape index (κ1) is 15.5. The smallest absolute Gasteiger partial charge is 0.316 e. The van der Waals surface area contributed by atoms with Crippen LogP contribution in [0.4, 0.5) is 4.39 Å². The van der Waals surface area contributed by atoms with Gasteiger partial charge in [0.05, 0.1) is 5.75 Å². The Bertz CT molecular complexity index is 613. The van der Waals surface area contributed by atoms with E-state index in [1.807, 2.05) is 13.8 Å². The molecule has 0 amide bonds. The van der Waals surface area contributed by atoms with Gasteiger partial charge in [-0.3, -0.25) is 4.79 Å². The van der Waals surface area contributed by atoms with Crippen LogP contribution in [-0.2, 0) is 10.5 Å². The van der Waals surface area contributed by atoms with Crippen molar-refractivity contribution in [2.45, 2.75) is 24.9 Å². The molecule has 0 saturated heterocycles. The fourth-order valence-electron chi connectivity index (χ4n) is 1.73. The maximum atomic E-state index is 12.8. The molecule has 1 heterocycles. The van der Waals surface area contributed by atoms with Gasteiger partial charge < -0.3 is 9.52 Å². The van der Waals surface area contributed by atoms with Crippen LogP contribution in [0.5, 0.6) is 0 Å². The minimum absolute atomic E-state index is 0.00647. The molecule has 1 atom stereocenters. The van der Waals surface area contributed by atoms with Gasteiger partial charge in [-0.25, -0.2) is 4.39 Å². The van der Waals surface area contributed by atoms with Crippen LogP contribution in [0.1, 0.15) is 19.7 Å². The van der Waals surface area contributed by atoms with E-state index in [4.69, 9.17) is 9.52 Å². The molecular weight excluding hydrogens is 295 g/mol. The molecule has 1 unspecified atom stereocenters. The number of hydrogen-bond acceptors (Lipinski definition) is 5. The van der Waals surface area contributed by atoms with E-state index in [0.717, 1.165) is 0 Å². The van der Waals surface area contributed by atoms with Gasteiger partial charge in [0.15, 0.2) is 0 Å². The summed E-state index contributed by atoms with van der Waals surface area (Å²) in [5.74, 6) is -0.215. The van der Waals surface area contributed by atoms with Gasteiger partial charge in [-0.2, -0.15) is 0 Å². The Morgan fingerprint density at radius 1 is 1.33 bits per heavy atom. The summed E-state index contributed by atoms with van der Waals surface area (Å²) in [7, 11) is 0. The molecule has 7 heteroatoms. The van der Waals surface area contributed by atoms with E-state index >= 15 is 0 Å². The molecule has 1 N–H and O–H groups in total. The number of rotatable bonds is 6. The SMILES string of the molecule is CC(C)C(SCc1nnc(-c2ccc(F)cc2)o1)C(=O)O. The normalized spacial score (nSPS) is 12.6. The third-order valence-corrected chi connectivity index (χ3v) is 4.31. The number of aromatic nitrogens is 2. The van der Waals surface area contributed by atoms with Gasteiger partial charge in [-0.15, -0.1) is 22.0 Å². The van der Waals surface area contributed by atoms with Crippen molar-refractivity contribution in [2.24, 2.45) is 5.92 Å². The molecule has 0 fully saturated rings. The minimum atomic E-state index is -0.853. The molecule has 112 valence electrons. The molecule has 0 aliphatic heterocycles. The number of carboxylic acid groups (broad SMARTS) is 1. The molecule has 0 aliphatic carbocycles. The van der Waals surface area contributed by atoms with E-state index in [1.54, 1.807) is 12.1 Å². The standard InChI is InChI=1S/C14H15FN2O3S/c1-8(2)12(14(18)19)21-7-11-16-17-13(20-11)9-3-5-10(15)6-4-9/h3-6,8,12H,7H2,1-2H3,(H,18,19). The molecule has 1 aromatic carbocycles. The van der Waals surface area contributed by atoms with E-state index in [0.29, 0.717) is 23.1 Å². The van der Waals surface area contributed by atoms with Gasteiger partial charge in [-0.1, -0.05) is 13.8 Å². The molecule has 1 aromatic heterocycles. The number of aliphatic carboxylic acids is 1. The lowest BCUT2D eigenvalue weighted by molar-refractivity contribution is -0.137. The largest absolute Gasteiger partial charge is 0.480 e. The molecule has 0 radical (unpaired) electrons. The van der Waals surface area contributed by atoms with Gasteiger partial charge in [0.2, 0.25) is 11.8 Å². The molecule has 0 saturated carbocycles. The molecule has 0 spiro atoms. The predicted molar refractivity (Wildman–Crippen MR) is 77.2 cm³/mol. The predicted octanol–water partition coefficient (Wildman–Crippen LogP) is 3.22. The molecule has 0 bridgehead atoms. The van der Waals surface area contributed by atoms with Crippen molar-refractivity contribution in [2.75, 3.05) is 0 Å². The Morgan fingerprint density at radius 2 is 2.00 bits per heavy atom. The Labute approximate surface area is 125 Å². The molecular formula is C14H15FN2O3S. The molecule has 2 rings (SSSR count). The van der Waals surface area contributed by atoms with E-state index in [1.165, 1.54) is 23.9 Å². The maximum absolute atomic E-state index is 12.8. The number of hydrogen-bond donors (Lipinski definition) is 1. The monoisotopic (exact) mass is 310 g/mol. The summed E-state index contributed by atoms with van der Waals surface area (Å²) >= 11 is 1.25. The Hall–Kier alpha value is -1.89. The van der Waals surface area contributed by atoms with Crippen LogP contribution in [-0.4, -0.2) is 26.5 Å². The van der Waals surface area contributed by atoms with Gasteiger partial charge in [0.25, 0.3) is 0 Å². The third kappa shape index (κ3) is 4.04. The average molecular weight is 310 g/mol. The lowest BCUT2D eigenvalue weighted by Crippen LogP contribution is -2.22. The number of carbonyl (C=O) groups is 1. The highest BCUT2D eigenvalue weighted by Crippen LogP contribution is 2.25. The molecule has 21 heavy (non-hydrogen) atoms. The van der Waals surface area contributed by atoms with Gasteiger partial charge >= 0.3 is 5.97 Å². The van der Waals surface area contributed by atoms with Crippen LogP contribution in [0.25, 0.3) is 11.5 Å². The summed E-state index contributed by atoms with van der Waals surface area (Å²) in [6.45, 7) is 3.70. The van der Waals surface area contributed by atoms with Crippen molar-refractivity contribution in [3.8, 4) is 11.5 Å². The van der Waals surface area contributed by atoms with E-state index < -0.39 is 11.2 Å². The Morgan fingerprint density at radius 3 is 2.57 bits per heavy atom. The number of benzene rings is 1. The van der Waals surface area contributed by atoms with Crippen LogP contribution in [0.2, 0.25) is 0 Å². The lowest BCUT2D eigenvalue weighted by Gasteiger charge is -2.13. The van der Waals surface area contributed by atoms with Crippen molar-refractivity contribution in [1.82, 2.24) is 10.2 Å². The van der Waals surface area contributed by atoms with Crippen LogP contribution in [0, 0.1) is 11.7 Å². The van der Waals surface area contributed by atoms with Gasteiger partial charge in [-0.05, 0) is 30.2 Å². The van der Waals surface area contributed by atoms with Crippen molar-refractivity contribution in [1.29, 1.82) is 0 Å². The highest BCUT2D eigenvalue weighted by molar-refractivity contribution is 7.99. The van der Waals surface area contributed by atoms with E-state index in [2.05, 4.69) is 10.2 Å². The summed E-state index contributed by atoms with van der Waals surface area (Å²) in [5, 5.41) is 16.4. The summed E-state index contributed by atoms with van der Waals surface area (Å²) in [6, 6.07) is 5.72. The van der Waals surface area contributed by atoms with E-state index in [9.17, 15) is 9.18 Å². The summed E-state index contributed by atoms with van der Waals surface area (Å²) in [4.78, 5) is 11.1. The first-order valence-electron chi connectivity index (χ1n) is 6.40. The minimum Gasteiger partial charge on any atom is -0.480 e. The highest BCUT2D eigenvalue weighted by atomic mass is 32.2. The summed E-state index contributed by atoms with van der Waals surface area (Å²) in [5.41, 5.74) is 0.624. The first-order chi connectivity index (χ1) is 9.97. The number of carboxylic acids is 1. The topological polar surface area (TPSA) is 76.2 Å². The quantitative estimate of drug-likeness (QED) is 0.883. The van der Waals surface area contributed by atoms with Gasteiger partial charge in [0, 0.05) is 5.56 Å². The average Bonchev–Trinajstić information content (AvgIpc) is 2.87. The fourth-order valence-corrected chi connectivity index (χ4v) is 2.70. The second-order valence-corrected chi connectivity index (χ2v) is 5.95. The summed E-state index contributed by atoms with van der Waals surface area (Å²) < 4.78 is 18.3. The third-order valence-electron chi connectivity index (χ3n) is 2.79. The Balaban J connectivity index is 2.03. The molecule has 2 aromatic rings. The van der Waals surface area contributed by atoms with Crippen LogP contribution in [0.15, 0.2) is 28.7 Å². The summed E-state index contributed by atoms with van der Waals surface area (Å²) in [6.07, 6.45) is 0. The van der Waals surface area contributed by atoms with Crippen molar-refractivity contribution >= 4 is 17.7 Å². The zero-order valence-corrected chi connectivity index (χ0v) is 12.4. The molecule has 5 nitrogen and oxygen atoms in total. The second kappa shape index (κ2) is 6.71. The van der Waals surface area contributed by atoms with Crippen LogP contribution >= 0.6 is 11.8 Å². The van der Waals surface area contributed by atoms with Crippen LogP contribution < -0.4 is 0 Å². The van der Waals surface area contributed by atoms with Gasteiger partial charge in [0.1, 0.15) is 11.1 Å². The van der Waals surface area contributed by atoms with E-state index in [-0.39, 0.29) is 11.7 Å². The van der Waals surface area contributed by atoms with Crippen molar-refractivity contribution in [3.05, 3.63) is 36.0 Å². The molecule has 0 aliphatic rings.